The number of anilines is 1. The largest absolute Gasteiger partial charge is 0.389 e. The Morgan fingerprint density at radius 2 is 1.67 bits per heavy atom. The van der Waals surface area contributed by atoms with E-state index in [1.54, 1.807) is 4.90 Å². The van der Waals surface area contributed by atoms with Crippen molar-refractivity contribution < 1.29 is 4.79 Å². The molecule has 116 valence electrons. The highest BCUT2D eigenvalue weighted by molar-refractivity contribution is 7.80. The van der Waals surface area contributed by atoms with Crippen LogP contribution in [0.15, 0.2) is 24.3 Å². The van der Waals surface area contributed by atoms with E-state index >= 15 is 0 Å². The number of rotatable bonds is 9. The first-order valence-electron chi connectivity index (χ1n) is 7.72. The summed E-state index contributed by atoms with van der Waals surface area (Å²) in [7, 11) is 1.81. The first-order valence-corrected chi connectivity index (χ1v) is 8.13. The molecule has 0 bridgehead atoms. The van der Waals surface area contributed by atoms with Crippen molar-refractivity contribution in [2.45, 2.75) is 51.9 Å². The van der Waals surface area contributed by atoms with Gasteiger partial charge in [0, 0.05) is 24.7 Å². The number of nitrogens with two attached hydrogens (primary N) is 1. The standard InChI is InChI=1S/C17H26N2OS/c1-3-4-5-6-7-8-9-16(20)19(2)15-12-10-14(11-13-15)17(18)21/h10-13H,3-9H2,1-2H3,(H2,18,21). The van der Waals surface area contributed by atoms with E-state index in [-0.39, 0.29) is 5.91 Å². The maximum Gasteiger partial charge on any atom is 0.226 e. The molecule has 0 aliphatic carbocycles. The maximum absolute atomic E-state index is 12.1. The molecule has 0 aliphatic heterocycles. The van der Waals surface area contributed by atoms with Gasteiger partial charge in [0.05, 0.1) is 0 Å². The van der Waals surface area contributed by atoms with Crippen molar-refractivity contribution in [3.05, 3.63) is 29.8 Å². The number of benzene rings is 1. The Balaban J connectivity index is 2.38. The number of carbonyl (C=O) groups excluding carboxylic acids is 1. The minimum absolute atomic E-state index is 0.161. The van der Waals surface area contributed by atoms with E-state index in [9.17, 15) is 4.79 Å². The molecule has 1 amide bonds. The van der Waals surface area contributed by atoms with E-state index in [2.05, 4.69) is 6.92 Å². The summed E-state index contributed by atoms with van der Waals surface area (Å²) in [5.74, 6) is 0.161. The predicted molar refractivity (Wildman–Crippen MR) is 93.7 cm³/mol. The summed E-state index contributed by atoms with van der Waals surface area (Å²) in [6, 6.07) is 7.47. The summed E-state index contributed by atoms with van der Waals surface area (Å²) >= 11 is 4.92. The SMILES string of the molecule is CCCCCCCCC(=O)N(C)c1ccc(C(N)=S)cc1. The first-order chi connectivity index (χ1) is 10.1. The number of thiocarbonyl (C=S) groups is 1. The zero-order chi connectivity index (χ0) is 15.7. The van der Waals surface area contributed by atoms with Crippen LogP contribution in [0.3, 0.4) is 0 Å². The lowest BCUT2D eigenvalue weighted by atomic mass is 10.1. The molecule has 0 unspecified atom stereocenters. The molecule has 0 fully saturated rings. The quantitative estimate of drug-likeness (QED) is 0.553. The molecule has 21 heavy (non-hydrogen) atoms. The van der Waals surface area contributed by atoms with Crippen LogP contribution in [0.2, 0.25) is 0 Å². The molecule has 0 saturated carbocycles. The third-order valence-corrected chi connectivity index (χ3v) is 3.89. The molecule has 1 aromatic carbocycles. The van der Waals surface area contributed by atoms with Crippen LogP contribution < -0.4 is 10.6 Å². The molecule has 0 spiro atoms. The predicted octanol–water partition coefficient (Wildman–Crippen LogP) is 4.03. The van der Waals surface area contributed by atoms with Crippen LogP contribution in [0.25, 0.3) is 0 Å². The fourth-order valence-electron chi connectivity index (χ4n) is 2.22. The van der Waals surface area contributed by atoms with Crippen LogP contribution in [-0.2, 0) is 4.79 Å². The van der Waals surface area contributed by atoms with E-state index in [0.29, 0.717) is 11.4 Å². The first kappa shape index (κ1) is 17.6. The number of amides is 1. The van der Waals surface area contributed by atoms with Gasteiger partial charge in [-0.2, -0.15) is 0 Å². The van der Waals surface area contributed by atoms with Gasteiger partial charge in [0.1, 0.15) is 4.99 Å². The van der Waals surface area contributed by atoms with Crippen molar-refractivity contribution in [2.75, 3.05) is 11.9 Å². The van der Waals surface area contributed by atoms with Crippen molar-refractivity contribution in [3.8, 4) is 0 Å². The van der Waals surface area contributed by atoms with Crippen molar-refractivity contribution >= 4 is 28.8 Å². The lowest BCUT2D eigenvalue weighted by Gasteiger charge is -2.17. The molecule has 1 aromatic rings. The molecule has 0 heterocycles. The molecule has 0 saturated heterocycles. The van der Waals surface area contributed by atoms with Gasteiger partial charge in [-0.3, -0.25) is 4.79 Å². The van der Waals surface area contributed by atoms with Gasteiger partial charge in [-0.05, 0) is 30.7 Å². The fraction of sp³-hybridized carbons (Fsp3) is 0.529. The van der Waals surface area contributed by atoms with Crippen LogP contribution in [0.4, 0.5) is 5.69 Å². The van der Waals surface area contributed by atoms with Gasteiger partial charge in [-0.15, -0.1) is 0 Å². The lowest BCUT2D eigenvalue weighted by molar-refractivity contribution is -0.118. The maximum atomic E-state index is 12.1. The Labute approximate surface area is 133 Å². The summed E-state index contributed by atoms with van der Waals surface area (Å²) in [6.45, 7) is 2.21. The molecular weight excluding hydrogens is 280 g/mol. The topological polar surface area (TPSA) is 46.3 Å². The monoisotopic (exact) mass is 306 g/mol. The van der Waals surface area contributed by atoms with Crippen LogP contribution in [0, 0.1) is 0 Å². The van der Waals surface area contributed by atoms with Crippen molar-refractivity contribution in [2.24, 2.45) is 5.73 Å². The number of carbonyl (C=O) groups is 1. The smallest absolute Gasteiger partial charge is 0.226 e. The third-order valence-electron chi connectivity index (χ3n) is 3.66. The van der Waals surface area contributed by atoms with Crippen LogP contribution in [0.1, 0.15) is 57.4 Å². The number of hydrogen-bond donors (Lipinski definition) is 1. The molecule has 4 heteroatoms. The summed E-state index contributed by atoms with van der Waals surface area (Å²) in [6.07, 6.45) is 7.78. The summed E-state index contributed by atoms with van der Waals surface area (Å²) in [5, 5.41) is 0. The fourth-order valence-corrected chi connectivity index (χ4v) is 2.35. The van der Waals surface area contributed by atoms with E-state index in [4.69, 9.17) is 18.0 Å². The minimum Gasteiger partial charge on any atom is -0.389 e. The van der Waals surface area contributed by atoms with Crippen LogP contribution in [-0.4, -0.2) is 17.9 Å². The van der Waals surface area contributed by atoms with Crippen molar-refractivity contribution in [1.82, 2.24) is 0 Å². The second-order valence-corrected chi connectivity index (χ2v) is 5.82. The minimum atomic E-state index is 0.161. The van der Waals surface area contributed by atoms with Gasteiger partial charge < -0.3 is 10.6 Å². The highest BCUT2D eigenvalue weighted by Crippen LogP contribution is 2.16. The van der Waals surface area contributed by atoms with Gasteiger partial charge >= 0.3 is 0 Å². The molecule has 0 aromatic heterocycles. The van der Waals surface area contributed by atoms with Gasteiger partial charge in [-0.25, -0.2) is 0 Å². The van der Waals surface area contributed by atoms with Crippen LogP contribution in [0.5, 0.6) is 0 Å². The van der Waals surface area contributed by atoms with Crippen LogP contribution >= 0.6 is 12.2 Å². The zero-order valence-electron chi connectivity index (χ0n) is 13.1. The van der Waals surface area contributed by atoms with E-state index in [1.807, 2.05) is 31.3 Å². The highest BCUT2D eigenvalue weighted by Gasteiger charge is 2.10. The number of nitrogens with zero attached hydrogens (tertiary/aromatic N) is 1. The van der Waals surface area contributed by atoms with Crippen molar-refractivity contribution in [3.63, 3.8) is 0 Å². The summed E-state index contributed by atoms with van der Waals surface area (Å²) in [4.78, 5) is 14.2. The van der Waals surface area contributed by atoms with E-state index in [0.717, 1.165) is 24.1 Å². The molecular formula is C17H26N2OS. The molecule has 0 atom stereocenters. The molecule has 0 aliphatic rings. The van der Waals surface area contributed by atoms with Gasteiger partial charge in [0.15, 0.2) is 0 Å². The van der Waals surface area contributed by atoms with Gasteiger partial charge in [-0.1, -0.05) is 51.2 Å². The average Bonchev–Trinajstić information content (AvgIpc) is 2.49. The average molecular weight is 306 g/mol. The molecule has 0 radical (unpaired) electrons. The van der Waals surface area contributed by atoms with E-state index in [1.165, 1.54) is 25.7 Å². The Hall–Kier alpha value is -1.42. The second kappa shape index (κ2) is 9.50. The normalized spacial score (nSPS) is 10.4. The molecule has 3 nitrogen and oxygen atoms in total. The van der Waals surface area contributed by atoms with Gasteiger partial charge in [0.25, 0.3) is 0 Å². The Morgan fingerprint density at radius 1 is 1.10 bits per heavy atom. The Morgan fingerprint density at radius 3 is 2.24 bits per heavy atom. The molecule has 2 N–H and O–H groups in total. The van der Waals surface area contributed by atoms with E-state index < -0.39 is 0 Å². The lowest BCUT2D eigenvalue weighted by Crippen LogP contribution is -2.25. The number of unbranched alkanes of at least 4 members (excludes halogenated alkanes) is 5. The number of hydrogen-bond acceptors (Lipinski definition) is 2. The molecule has 1 rings (SSSR count). The zero-order valence-corrected chi connectivity index (χ0v) is 13.9. The summed E-state index contributed by atoms with van der Waals surface area (Å²) < 4.78 is 0. The second-order valence-electron chi connectivity index (χ2n) is 5.38. The Kier molecular flexibility index (Phi) is 7.98. The Bertz CT molecular complexity index is 456. The highest BCUT2D eigenvalue weighted by atomic mass is 32.1. The third kappa shape index (κ3) is 6.25. The van der Waals surface area contributed by atoms with Gasteiger partial charge in [0.2, 0.25) is 5.91 Å². The summed E-state index contributed by atoms with van der Waals surface area (Å²) in [5.41, 5.74) is 7.27. The van der Waals surface area contributed by atoms with Crippen molar-refractivity contribution in [1.29, 1.82) is 0 Å².